The van der Waals surface area contributed by atoms with Crippen LogP contribution in [0.2, 0.25) is 5.02 Å². The van der Waals surface area contributed by atoms with Crippen molar-refractivity contribution in [3.05, 3.63) is 28.8 Å². The van der Waals surface area contributed by atoms with Crippen LogP contribution in [0.5, 0.6) is 0 Å². The topological polar surface area (TPSA) is 35.8 Å². The highest BCUT2D eigenvalue weighted by molar-refractivity contribution is 8.00. The van der Waals surface area contributed by atoms with Gasteiger partial charge in [0.05, 0.1) is 10.6 Å². The number of hydrogen-bond donors (Lipinski definition) is 1. The molecule has 0 aliphatic heterocycles. The summed E-state index contributed by atoms with van der Waals surface area (Å²) >= 11 is 7.84. The number of nitrogens with one attached hydrogen (secondary N) is 1. The van der Waals surface area contributed by atoms with Crippen molar-refractivity contribution in [1.29, 1.82) is 5.26 Å². The van der Waals surface area contributed by atoms with Gasteiger partial charge >= 0.3 is 0 Å². The van der Waals surface area contributed by atoms with Gasteiger partial charge in [0.15, 0.2) is 0 Å². The van der Waals surface area contributed by atoms with Crippen molar-refractivity contribution >= 4 is 29.1 Å². The van der Waals surface area contributed by atoms with Gasteiger partial charge in [-0.3, -0.25) is 0 Å². The average molecular weight is 267 g/mol. The van der Waals surface area contributed by atoms with Crippen LogP contribution in [0.15, 0.2) is 18.2 Å². The Labute approximate surface area is 111 Å². The van der Waals surface area contributed by atoms with Crippen molar-refractivity contribution in [2.45, 2.75) is 24.0 Å². The van der Waals surface area contributed by atoms with Crippen LogP contribution in [0, 0.1) is 11.3 Å². The third kappa shape index (κ3) is 2.70. The largest absolute Gasteiger partial charge is 0.384 e. The number of benzene rings is 1. The molecule has 0 amide bonds. The number of thioether (sulfide) groups is 1. The van der Waals surface area contributed by atoms with Crippen LogP contribution in [-0.2, 0) is 0 Å². The summed E-state index contributed by atoms with van der Waals surface area (Å²) in [6.45, 7) is 0.959. The fourth-order valence-corrected chi connectivity index (χ4v) is 3.08. The van der Waals surface area contributed by atoms with Gasteiger partial charge in [-0.1, -0.05) is 18.0 Å². The smallest absolute Gasteiger partial charge is 0.101 e. The van der Waals surface area contributed by atoms with Gasteiger partial charge in [-0.15, -0.1) is 0 Å². The summed E-state index contributed by atoms with van der Waals surface area (Å²) in [7, 11) is 0. The van der Waals surface area contributed by atoms with E-state index in [4.69, 9.17) is 16.9 Å². The van der Waals surface area contributed by atoms with E-state index in [1.165, 1.54) is 19.3 Å². The Bertz CT molecular complexity index is 444. The predicted molar refractivity (Wildman–Crippen MR) is 74.8 cm³/mol. The van der Waals surface area contributed by atoms with Crippen LogP contribution < -0.4 is 5.32 Å². The lowest BCUT2D eigenvalue weighted by Crippen LogP contribution is -2.40. The molecular formula is C13H15ClN2S. The van der Waals surface area contributed by atoms with Crippen LogP contribution in [0.25, 0.3) is 0 Å². The normalized spacial score (nSPS) is 17.0. The highest BCUT2D eigenvalue weighted by atomic mass is 35.5. The van der Waals surface area contributed by atoms with Crippen molar-refractivity contribution < 1.29 is 0 Å². The summed E-state index contributed by atoms with van der Waals surface area (Å²) in [6.07, 6.45) is 6.05. The number of halogens is 1. The summed E-state index contributed by atoms with van der Waals surface area (Å²) in [5.74, 6) is 0. The summed E-state index contributed by atoms with van der Waals surface area (Å²) in [5, 5.41) is 12.8. The number of nitriles is 1. The van der Waals surface area contributed by atoms with Crippen molar-refractivity contribution in [1.82, 2.24) is 0 Å². The minimum Gasteiger partial charge on any atom is -0.384 e. The van der Waals surface area contributed by atoms with Gasteiger partial charge in [0.2, 0.25) is 0 Å². The molecule has 1 N–H and O–H groups in total. The summed E-state index contributed by atoms with van der Waals surface area (Å²) in [4.78, 5) is 0. The lowest BCUT2D eigenvalue weighted by molar-refractivity contribution is 0.380. The van der Waals surface area contributed by atoms with Gasteiger partial charge in [0.25, 0.3) is 0 Å². The maximum Gasteiger partial charge on any atom is 0.101 e. The fourth-order valence-electron chi connectivity index (χ4n) is 2.01. The highest BCUT2D eigenvalue weighted by Gasteiger charge is 2.35. The monoisotopic (exact) mass is 266 g/mol. The Balaban J connectivity index is 2.02. The van der Waals surface area contributed by atoms with Crippen LogP contribution in [0.1, 0.15) is 24.8 Å². The molecule has 4 heteroatoms. The number of rotatable bonds is 4. The van der Waals surface area contributed by atoms with Gasteiger partial charge in [0.1, 0.15) is 6.07 Å². The second kappa shape index (κ2) is 5.20. The zero-order valence-corrected chi connectivity index (χ0v) is 11.4. The molecule has 0 radical (unpaired) electrons. The van der Waals surface area contributed by atoms with E-state index in [0.717, 1.165) is 12.2 Å². The van der Waals surface area contributed by atoms with Crippen molar-refractivity contribution in [2.75, 3.05) is 18.1 Å². The molecule has 0 unspecified atom stereocenters. The van der Waals surface area contributed by atoms with Gasteiger partial charge in [-0.05, 0) is 37.3 Å². The van der Waals surface area contributed by atoms with E-state index in [1.54, 1.807) is 6.07 Å². The van der Waals surface area contributed by atoms with Crippen LogP contribution in [0.4, 0.5) is 5.69 Å². The molecule has 0 atom stereocenters. The Morgan fingerprint density at radius 1 is 1.53 bits per heavy atom. The van der Waals surface area contributed by atoms with E-state index in [2.05, 4.69) is 17.6 Å². The molecule has 1 fully saturated rings. The SMILES string of the molecule is CSC1(CNc2ccc(Cl)c(C#N)c2)CCC1. The zero-order chi connectivity index (χ0) is 12.3. The molecule has 1 aromatic rings. The molecule has 0 saturated heterocycles. The summed E-state index contributed by atoms with van der Waals surface area (Å²) in [5.41, 5.74) is 1.51. The Morgan fingerprint density at radius 2 is 2.29 bits per heavy atom. The first-order chi connectivity index (χ1) is 8.19. The molecule has 0 aromatic heterocycles. The molecule has 0 bridgehead atoms. The summed E-state index contributed by atoms with van der Waals surface area (Å²) in [6, 6.07) is 7.61. The minimum absolute atomic E-state index is 0.395. The van der Waals surface area contributed by atoms with Crippen molar-refractivity contribution in [2.24, 2.45) is 0 Å². The molecule has 17 heavy (non-hydrogen) atoms. The molecule has 1 aliphatic rings. The van der Waals surface area contributed by atoms with Crippen molar-refractivity contribution in [3.63, 3.8) is 0 Å². The van der Waals surface area contributed by atoms with Crippen LogP contribution in [0.3, 0.4) is 0 Å². The molecule has 2 rings (SSSR count). The Morgan fingerprint density at radius 3 is 2.82 bits per heavy atom. The first kappa shape index (κ1) is 12.6. The summed E-state index contributed by atoms with van der Waals surface area (Å²) < 4.78 is 0.395. The average Bonchev–Trinajstić information content (AvgIpc) is 2.30. The molecule has 0 spiro atoms. The zero-order valence-electron chi connectivity index (χ0n) is 9.79. The lowest BCUT2D eigenvalue weighted by atomic mass is 9.84. The molecule has 1 aliphatic carbocycles. The Hall–Kier alpha value is -0.850. The number of nitrogens with zero attached hydrogens (tertiary/aromatic N) is 1. The van der Waals surface area contributed by atoms with Gasteiger partial charge in [-0.2, -0.15) is 17.0 Å². The maximum atomic E-state index is 8.91. The standard InChI is InChI=1S/C13H15ClN2S/c1-17-13(5-2-6-13)9-16-11-3-4-12(14)10(7-11)8-15/h3-4,7,16H,2,5-6,9H2,1H3. The van der Waals surface area contributed by atoms with Gasteiger partial charge in [0, 0.05) is 17.0 Å². The quantitative estimate of drug-likeness (QED) is 0.898. The minimum atomic E-state index is 0.395. The molecule has 0 heterocycles. The number of anilines is 1. The number of hydrogen-bond acceptors (Lipinski definition) is 3. The van der Waals surface area contributed by atoms with E-state index in [-0.39, 0.29) is 0 Å². The van der Waals surface area contributed by atoms with E-state index < -0.39 is 0 Å². The van der Waals surface area contributed by atoms with E-state index >= 15 is 0 Å². The fraction of sp³-hybridized carbons (Fsp3) is 0.462. The molecule has 1 aromatic carbocycles. The lowest BCUT2D eigenvalue weighted by Gasteiger charge is -2.40. The second-order valence-electron chi connectivity index (χ2n) is 4.40. The molecule has 90 valence electrons. The molecule has 2 nitrogen and oxygen atoms in total. The van der Waals surface area contributed by atoms with Crippen LogP contribution in [-0.4, -0.2) is 17.5 Å². The predicted octanol–water partition coefficient (Wildman–Crippen LogP) is 3.91. The highest BCUT2D eigenvalue weighted by Crippen LogP contribution is 2.42. The van der Waals surface area contributed by atoms with Gasteiger partial charge in [-0.25, -0.2) is 0 Å². The second-order valence-corrected chi connectivity index (χ2v) is 6.08. The van der Waals surface area contributed by atoms with Crippen LogP contribution >= 0.6 is 23.4 Å². The molecular weight excluding hydrogens is 252 g/mol. The third-order valence-corrected chi connectivity index (χ3v) is 5.15. The first-order valence-corrected chi connectivity index (χ1v) is 7.28. The van der Waals surface area contributed by atoms with E-state index in [1.807, 2.05) is 23.9 Å². The first-order valence-electron chi connectivity index (χ1n) is 5.68. The van der Waals surface area contributed by atoms with Crippen molar-refractivity contribution in [3.8, 4) is 6.07 Å². The Kier molecular flexibility index (Phi) is 3.86. The molecule has 1 saturated carbocycles. The van der Waals surface area contributed by atoms with E-state index in [9.17, 15) is 0 Å². The third-order valence-electron chi connectivity index (χ3n) is 3.40. The van der Waals surface area contributed by atoms with E-state index in [0.29, 0.717) is 15.3 Å². The maximum absolute atomic E-state index is 8.91. The van der Waals surface area contributed by atoms with Gasteiger partial charge < -0.3 is 5.32 Å².